The summed E-state index contributed by atoms with van der Waals surface area (Å²) in [6.07, 6.45) is 0.116. The van der Waals surface area contributed by atoms with E-state index in [9.17, 15) is 0 Å². The van der Waals surface area contributed by atoms with Crippen LogP contribution in [-0.2, 0) is 0 Å². The van der Waals surface area contributed by atoms with Crippen LogP contribution in [0.15, 0.2) is 0 Å². The predicted octanol–water partition coefficient (Wildman–Crippen LogP) is -0.749. The summed E-state index contributed by atoms with van der Waals surface area (Å²) in [5.41, 5.74) is 5.36. The van der Waals surface area contributed by atoms with Crippen LogP contribution < -0.4 is 5.73 Å². The van der Waals surface area contributed by atoms with Gasteiger partial charge in [0.1, 0.15) is 0 Å². The first kappa shape index (κ1) is 9.17. The maximum Gasteiger partial charge on any atom is 0.0949 e. The van der Waals surface area contributed by atoms with Crippen LogP contribution in [0.3, 0.4) is 0 Å². The van der Waals surface area contributed by atoms with Crippen LogP contribution in [0.4, 0.5) is 0 Å². The second-order valence-electron chi connectivity index (χ2n) is 2.30. The molecule has 0 amide bonds. The van der Waals surface area contributed by atoms with Crippen LogP contribution in [0.25, 0.3) is 0 Å². The van der Waals surface area contributed by atoms with Gasteiger partial charge in [-0.15, -0.1) is 12.4 Å². The van der Waals surface area contributed by atoms with Crippen molar-refractivity contribution in [1.82, 2.24) is 0 Å². The van der Waals surface area contributed by atoms with Gasteiger partial charge in [-0.2, -0.15) is 0 Å². The summed E-state index contributed by atoms with van der Waals surface area (Å²) in [7, 11) is 0. The topological polar surface area (TPSA) is 66.5 Å². The molecule has 1 saturated carbocycles. The molecule has 0 aromatic heterocycles. The number of aliphatic hydroxyl groups is 2. The van der Waals surface area contributed by atoms with Gasteiger partial charge in [0, 0.05) is 6.04 Å². The molecule has 0 aliphatic heterocycles. The van der Waals surface area contributed by atoms with Gasteiger partial charge in [-0.3, -0.25) is 0 Å². The second kappa shape index (κ2) is 3.37. The molecule has 56 valence electrons. The van der Waals surface area contributed by atoms with Crippen LogP contribution in [0.1, 0.15) is 12.8 Å². The number of rotatable bonds is 0. The molecule has 1 aliphatic carbocycles. The third-order valence-corrected chi connectivity index (χ3v) is 1.63. The van der Waals surface area contributed by atoms with Gasteiger partial charge in [0.25, 0.3) is 0 Å². The van der Waals surface area contributed by atoms with Gasteiger partial charge in [-0.05, 0) is 12.8 Å². The average Bonchev–Trinajstić information content (AvgIpc) is 1.98. The third kappa shape index (κ3) is 1.79. The lowest BCUT2D eigenvalue weighted by atomic mass is 10.2. The van der Waals surface area contributed by atoms with Crippen LogP contribution >= 0.6 is 12.4 Å². The lowest BCUT2D eigenvalue weighted by Crippen LogP contribution is -2.34. The van der Waals surface area contributed by atoms with Crippen molar-refractivity contribution in [3.63, 3.8) is 0 Å². The summed E-state index contributed by atoms with van der Waals surface area (Å²) in [4.78, 5) is 0. The van der Waals surface area contributed by atoms with Crippen molar-refractivity contribution in [3.8, 4) is 0 Å². The summed E-state index contributed by atoms with van der Waals surface area (Å²) >= 11 is 0. The minimum absolute atomic E-state index is 0. The van der Waals surface area contributed by atoms with Crippen LogP contribution in [-0.4, -0.2) is 28.5 Å². The maximum atomic E-state index is 8.89. The molecule has 1 rings (SSSR count). The zero-order chi connectivity index (χ0) is 6.15. The Kier molecular flexibility index (Phi) is 3.43. The highest BCUT2D eigenvalue weighted by atomic mass is 35.5. The maximum absolute atomic E-state index is 8.89. The number of halogens is 1. The van der Waals surface area contributed by atoms with Crippen molar-refractivity contribution in [3.05, 3.63) is 0 Å². The van der Waals surface area contributed by atoms with Crippen LogP contribution in [0.2, 0.25) is 0 Å². The Hall–Kier alpha value is 0.170. The zero-order valence-electron chi connectivity index (χ0n) is 5.03. The molecular formula is C5H12ClNO2. The summed E-state index contributed by atoms with van der Waals surface area (Å²) in [5, 5.41) is 17.7. The molecule has 3 atom stereocenters. The first-order chi connectivity index (χ1) is 3.72. The lowest BCUT2D eigenvalue weighted by molar-refractivity contribution is 0.0364. The zero-order valence-corrected chi connectivity index (χ0v) is 5.84. The average molecular weight is 154 g/mol. The molecule has 0 saturated heterocycles. The van der Waals surface area contributed by atoms with Crippen molar-refractivity contribution in [2.24, 2.45) is 5.73 Å². The molecule has 0 aromatic rings. The molecule has 0 heterocycles. The summed E-state index contributed by atoms with van der Waals surface area (Å²) in [6.45, 7) is 0. The molecule has 4 N–H and O–H groups in total. The molecule has 9 heavy (non-hydrogen) atoms. The Balaban J connectivity index is 0.000000640. The molecule has 4 heteroatoms. The number of aliphatic hydroxyl groups excluding tert-OH is 2. The quantitative estimate of drug-likeness (QED) is 0.429. The van der Waals surface area contributed by atoms with E-state index in [-0.39, 0.29) is 18.4 Å². The minimum atomic E-state index is -0.685. The van der Waals surface area contributed by atoms with E-state index in [0.717, 1.165) is 6.42 Å². The van der Waals surface area contributed by atoms with E-state index >= 15 is 0 Å². The molecule has 0 spiro atoms. The molecule has 1 aliphatic rings. The van der Waals surface area contributed by atoms with Gasteiger partial charge in [-0.25, -0.2) is 0 Å². The fraction of sp³-hybridized carbons (Fsp3) is 1.00. The largest absolute Gasteiger partial charge is 0.390 e. The van der Waals surface area contributed by atoms with Crippen LogP contribution in [0.5, 0.6) is 0 Å². The molecule has 0 unspecified atom stereocenters. The van der Waals surface area contributed by atoms with Crippen molar-refractivity contribution >= 4 is 12.4 Å². The van der Waals surface area contributed by atoms with E-state index < -0.39 is 12.2 Å². The normalized spacial score (nSPS) is 42.3. The Labute approximate surface area is 60.3 Å². The van der Waals surface area contributed by atoms with Crippen molar-refractivity contribution in [2.75, 3.05) is 0 Å². The SMILES string of the molecule is Cl.N[C@@H]1CC[C@H](O)[C@H]1O. The number of hydrogen-bond acceptors (Lipinski definition) is 3. The van der Waals surface area contributed by atoms with Gasteiger partial charge < -0.3 is 15.9 Å². The van der Waals surface area contributed by atoms with E-state index in [1.54, 1.807) is 0 Å². The highest BCUT2D eigenvalue weighted by Crippen LogP contribution is 2.17. The summed E-state index contributed by atoms with van der Waals surface area (Å²) < 4.78 is 0. The van der Waals surface area contributed by atoms with E-state index in [1.807, 2.05) is 0 Å². The lowest BCUT2D eigenvalue weighted by Gasteiger charge is -2.09. The minimum Gasteiger partial charge on any atom is -0.390 e. The summed E-state index contributed by atoms with van der Waals surface area (Å²) in [6, 6.07) is -0.204. The van der Waals surface area contributed by atoms with Crippen molar-refractivity contribution in [1.29, 1.82) is 0 Å². The Morgan fingerprint density at radius 1 is 1.22 bits per heavy atom. The van der Waals surface area contributed by atoms with E-state index in [2.05, 4.69) is 0 Å². The second-order valence-corrected chi connectivity index (χ2v) is 2.30. The van der Waals surface area contributed by atoms with Gasteiger partial charge >= 0.3 is 0 Å². The Morgan fingerprint density at radius 2 is 1.78 bits per heavy atom. The molecular weight excluding hydrogens is 142 g/mol. The molecule has 0 bridgehead atoms. The van der Waals surface area contributed by atoms with E-state index in [4.69, 9.17) is 15.9 Å². The molecule has 1 fully saturated rings. The predicted molar refractivity (Wildman–Crippen MR) is 36.5 cm³/mol. The van der Waals surface area contributed by atoms with E-state index in [1.165, 1.54) is 0 Å². The van der Waals surface area contributed by atoms with Gasteiger partial charge in [0.2, 0.25) is 0 Å². The van der Waals surface area contributed by atoms with Gasteiger partial charge in [0.15, 0.2) is 0 Å². The highest BCUT2D eigenvalue weighted by molar-refractivity contribution is 5.85. The highest BCUT2D eigenvalue weighted by Gasteiger charge is 2.29. The standard InChI is InChI=1S/C5H11NO2.ClH/c6-3-1-2-4(7)5(3)8;/h3-5,7-8H,1-2,6H2;1H/t3-,4+,5+;/m1./s1. The molecule has 0 radical (unpaired) electrons. The summed E-state index contributed by atoms with van der Waals surface area (Å²) in [5.74, 6) is 0. The smallest absolute Gasteiger partial charge is 0.0949 e. The van der Waals surface area contributed by atoms with Crippen molar-refractivity contribution in [2.45, 2.75) is 31.1 Å². The fourth-order valence-corrected chi connectivity index (χ4v) is 0.990. The first-order valence-electron chi connectivity index (χ1n) is 2.83. The fourth-order valence-electron chi connectivity index (χ4n) is 0.990. The van der Waals surface area contributed by atoms with Gasteiger partial charge in [-0.1, -0.05) is 0 Å². The third-order valence-electron chi connectivity index (χ3n) is 1.63. The van der Waals surface area contributed by atoms with Crippen molar-refractivity contribution < 1.29 is 10.2 Å². The monoisotopic (exact) mass is 153 g/mol. The van der Waals surface area contributed by atoms with Gasteiger partial charge in [0.05, 0.1) is 12.2 Å². The van der Waals surface area contributed by atoms with Crippen LogP contribution in [0, 0.1) is 0 Å². The Bertz CT molecular complexity index is 81.0. The number of nitrogens with two attached hydrogens (primary N) is 1. The molecule has 3 nitrogen and oxygen atoms in total. The molecule has 0 aromatic carbocycles. The number of hydrogen-bond donors (Lipinski definition) is 3. The van der Waals surface area contributed by atoms with E-state index in [0.29, 0.717) is 6.42 Å². The first-order valence-corrected chi connectivity index (χ1v) is 2.83. The Morgan fingerprint density at radius 3 is 1.89 bits per heavy atom.